The number of rotatable bonds is 4. The molecule has 24 heavy (non-hydrogen) atoms. The number of amides is 1. The number of hydrogen-bond donors (Lipinski definition) is 0. The molecule has 0 aliphatic carbocycles. The van der Waals surface area contributed by atoms with Gasteiger partial charge in [0.05, 0.1) is 24.7 Å². The van der Waals surface area contributed by atoms with Crippen molar-refractivity contribution in [1.82, 2.24) is 9.88 Å². The SMILES string of the molecule is CC1(C)COCCN1C(=O)C(Cc1cccnc1)c1ccccc1. The number of pyridine rings is 1. The smallest absolute Gasteiger partial charge is 0.231 e. The predicted octanol–water partition coefficient (Wildman–Crippen LogP) is 3.05. The highest BCUT2D eigenvalue weighted by Crippen LogP contribution is 2.28. The number of morpholine rings is 1. The fraction of sp³-hybridized carbons (Fsp3) is 0.400. The van der Waals surface area contributed by atoms with Crippen LogP contribution in [0, 0.1) is 0 Å². The summed E-state index contributed by atoms with van der Waals surface area (Å²) in [5.74, 6) is -0.0360. The molecule has 126 valence electrons. The van der Waals surface area contributed by atoms with Crippen molar-refractivity contribution >= 4 is 5.91 Å². The molecule has 1 unspecified atom stereocenters. The molecule has 1 aromatic carbocycles. The van der Waals surface area contributed by atoms with Gasteiger partial charge in [-0.05, 0) is 37.5 Å². The molecule has 2 heterocycles. The van der Waals surface area contributed by atoms with Crippen LogP contribution in [0.15, 0.2) is 54.9 Å². The average molecular weight is 324 g/mol. The molecule has 1 aliphatic rings. The van der Waals surface area contributed by atoms with Crippen molar-refractivity contribution < 1.29 is 9.53 Å². The molecule has 0 N–H and O–H groups in total. The van der Waals surface area contributed by atoms with Gasteiger partial charge in [0.15, 0.2) is 0 Å². The van der Waals surface area contributed by atoms with Crippen LogP contribution in [0.4, 0.5) is 0 Å². The first-order valence-corrected chi connectivity index (χ1v) is 8.41. The summed E-state index contributed by atoms with van der Waals surface area (Å²) in [7, 11) is 0. The molecule has 4 nitrogen and oxygen atoms in total. The predicted molar refractivity (Wildman–Crippen MR) is 93.7 cm³/mol. The summed E-state index contributed by atoms with van der Waals surface area (Å²) < 4.78 is 5.56. The molecular weight excluding hydrogens is 300 g/mol. The van der Waals surface area contributed by atoms with E-state index in [2.05, 4.69) is 18.8 Å². The van der Waals surface area contributed by atoms with Gasteiger partial charge in [0.2, 0.25) is 5.91 Å². The Morgan fingerprint density at radius 3 is 2.71 bits per heavy atom. The average Bonchev–Trinajstić information content (AvgIpc) is 2.60. The molecule has 1 aliphatic heterocycles. The van der Waals surface area contributed by atoms with Gasteiger partial charge in [-0.1, -0.05) is 36.4 Å². The number of hydrogen-bond acceptors (Lipinski definition) is 3. The molecule has 0 saturated carbocycles. The summed E-state index contributed by atoms with van der Waals surface area (Å²) >= 11 is 0. The summed E-state index contributed by atoms with van der Waals surface area (Å²) in [6.45, 7) is 5.95. The Kier molecular flexibility index (Phi) is 4.95. The Hall–Kier alpha value is -2.20. The van der Waals surface area contributed by atoms with Gasteiger partial charge in [-0.2, -0.15) is 0 Å². The van der Waals surface area contributed by atoms with Crippen LogP contribution in [0.5, 0.6) is 0 Å². The minimum Gasteiger partial charge on any atom is -0.377 e. The molecule has 3 rings (SSSR count). The van der Waals surface area contributed by atoms with Gasteiger partial charge in [-0.25, -0.2) is 0 Å². The normalized spacial score (nSPS) is 18.2. The summed E-state index contributed by atoms with van der Waals surface area (Å²) in [4.78, 5) is 19.5. The molecule has 0 bridgehead atoms. The third-order valence-corrected chi connectivity index (χ3v) is 4.57. The summed E-state index contributed by atoms with van der Waals surface area (Å²) in [5, 5.41) is 0. The number of aromatic nitrogens is 1. The van der Waals surface area contributed by atoms with Crippen molar-refractivity contribution in [1.29, 1.82) is 0 Å². The Labute approximate surface area is 143 Å². The Morgan fingerprint density at radius 1 is 1.25 bits per heavy atom. The maximum Gasteiger partial charge on any atom is 0.231 e. The van der Waals surface area contributed by atoms with Crippen LogP contribution in [0.25, 0.3) is 0 Å². The highest BCUT2D eigenvalue weighted by molar-refractivity contribution is 5.85. The van der Waals surface area contributed by atoms with Crippen molar-refractivity contribution in [2.45, 2.75) is 31.7 Å². The lowest BCUT2D eigenvalue weighted by Gasteiger charge is -2.43. The number of benzene rings is 1. The second kappa shape index (κ2) is 7.14. The van der Waals surface area contributed by atoms with Crippen molar-refractivity contribution in [2.75, 3.05) is 19.8 Å². The second-order valence-electron chi connectivity index (χ2n) is 6.88. The van der Waals surface area contributed by atoms with Crippen LogP contribution in [-0.2, 0) is 16.0 Å². The van der Waals surface area contributed by atoms with E-state index in [4.69, 9.17) is 4.74 Å². The lowest BCUT2D eigenvalue weighted by atomic mass is 9.89. The van der Waals surface area contributed by atoms with Gasteiger partial charge in [0, 0.05) is 18.9 Å². The van der Waals surface area contributed by atoms with Gasteiger partial charge in [0.1, 0.15) is 0 Å². The number of nitrogens with zero attached hydrogens (tertiary/aromatic N) is 2. The maximum absolute atomic E-state index is 13.4. The Balaban J connectivity index is 1.90. The van der Waals surface area contributed by atoms with Crippen molar-refractivity contribution in [3.8, 4) is 0 Å². The molecule has 1 fully saturated rings. The number of carbonyl (C=O) groups excluding carboxylic acids is 1. The first kappa shape index (κ1) is 16.7. The first-order valence-electron chi connectivity index (χ1n) is 8.41. The van der Waals surface area contributed by atoms with E-state index in [9.17, 15) is 4.79 Å². The van der Waals surface area contributed by atoms with Crippen LogP contribution in [0.2, 0.25) is 0 Å². The molecule has 1 aromatic heterocycles. The molecule has 1 atom stereocenters. The van der Waals surface area contributed by atoms with Crippen LogP contribution in [0.3, 0.4) is 0 Å². The fourth-order valence-electron chi connectivity index (χ4n) is 3.24. The molecule has 2 aromatic rings. The molecule has 0 spiro atoms. The number of ether oxygens (including phenoxy) is 1. The zero-order valence-electron chi connectivity index (χ0n) is 14.3. The standard InChI is InChI=1S/C20H24N2O2/c1-20(2)15-24-12-11-22(20)19(23)18(17-8-4-3-5-9-17)13-16-7-6-10-21-14-16/h3-10,14,18H,11-13,15H2,1-2H3. The Morgan fingerprint density at radius 2 is 2.04 bits per heavy atom. The van der Waals surface area contributed by atoms with Crippen LogP contribution in [-0.4, -0.2) is 41.1 Å². The van der Waals surface area contributed by atoms with Crippen molar-refractivity contribution in [3.63, 3.8) is 0 Å². The van der Waals surface area contributed by atoms with E-state index in [1.54, 1.807) is 6.20 Å². The lowest BCUT2D eigenvalue weighted by Crippen LogP contribution is -2.56. The highest BCUT2D eigenvalue weighted by atomic mass is 16.5. The van der Waals surface area contributed by atoms with E-state index < -0.39 is 0 Å². The minimum absolute atomic E-state index is 0.165. The van der Waals surface area contributed by atoms with Gasteiger partial charge in [0.25, 0.3) is 0 Å². The van der Waals surface area contributed by atoms with E-state index in [0.29, 0.717) is 26.2 Å². The van der Waals surface area contributed by atoms with E-state index in [-0.39, 0.29) is 17.4 Å². The lowest BCUT2D eigenvalue weighted by molar-refractivity contribution is -0.148. The van der Waals surface area contributed by atoms with E-state index in [1.165, 1.54) is 0 Å². The van der Waals surface area contributed by atoms with Gasteiger partial charge < -0.3 is 9.64 Å². The molecule has 1 saturated heterocycles. The zero-order chi connectivity index (χ0) is 17.0. The highest BCUT2D eigenvalue weighted by Gasteiger charge is 2.37. The largest absolute Gasteiger partial charge is 0.377 e. The van der Waals surface area contributed by atoms with E-state index >= 15 is 0 Å². The maximum atomic E-state index is 13.4. The molecule has 0 radical (unpaired) electrons. The third kappa shape index (κ3) is 3.65. The molecular formula is C20H24N2O2. The van der Waals surface area contributed by atoms with Crippen molar-refractivity contribution in [2.24, 2.45) is 0 Å². The van der Waals surface area contributed by atoms with Gasteiger partial charge in [-0.15, -0.1) is 0 Å². The van der Waals surface area contributed by atoms with Crippen LogP contribution in [0.1, 0.15) is 30.9 Å². The van der Waals surface area contributed by atoms with Crippen molar-refractivity contribution in [3.05, 3.63) is 66.0 Å². The van der Waals surface area contributed by atoms with E-state index in [0.717, 1.165) is 11.1 Å². The second-order valence-corrected chi connectivity index (χ2v) is 6.88. The minimum atomic E-state index is -0.280. The monoisotopic (exact) mass is 324 g/mol. The zero-order valence-corrected chi connectivity index (χ0v) is 14.3. The van der Waals surface area contributed by atoms with Gasteiger partial charge >= 0.3 is 0 Å². The first-order chi connectivity index (χ1) is 11.6. The molecule has 4 heteroatoms. The van der Waals surface area contributed by atoms with Crippen LogP contribution < -0.4 is 0 Å². The summed E-state index contributed by atoms with van der Waals surface area (Å²) in [6.07, 6.45) is 4.26. The quantitative estimate of drug-likeness (QED) is 0.868. The summed E-state index contributed by atoms with van der Waals surface area (Å²) in [5.41, 5.74) is 1.84. The molecule has 1 amide bonds. The van der Waals surface area contributed by atoms with E-state index in [1.807, 2.05) is 53.6 Å². The topological polar surface area (TPSA) is 42.4 Å². The Bertz CT molecular complexity index is 671. The van der Waals surface area contributed by atoms with Gasteiger partial charge in [-0.3, -0.25) is 9.78 Å². The third-order valence-electron chi connectivity index (χ3n) is 4.57. The number of carbonyl (C=O) groups is 1. The van der Waals surface area contributed by atoms with Crippen LogP contribution >= 0.6 is 0 Å². The fourth-order valence-corrected chi connectivity index (χ4v) is 3.24. The summed E-state index contributed by atoms with van der Waals surface area (Å²) in [6, 6.07) is 14.0.